The Morgan fingerprint density at radius 3 is 2.80 bits per heavy atom. The lowest BCUT2D eigenvalue weighted by atomic mass is 10.4. The maximum atomic E-state index is 12.1. The number of carbonyl (C=O) groups excluding carboxylic acids is 1. The van der Waals surface area contributed by atoms with E-state index in [1.54, 1.807) is 4.40 Å². The standard InChI is InChI=1S/C14H20N4OS/c1-3-17(4-2)10-8-15-13(19)12-14(20)18-9-6-5-7-11(18)16-12/h5-7,9,20H,3-4,8,10H2,1-2H3,(H,15,19). The Hall–Kier alpha value is -1.53. The Kier molecular flexibility index (Phi) is 5.03. The number of rotatable bonds is 6. The summed E-state index contributed by atoms with van der Waals surface area (Å²) < 4.78 is 1.79. The molecule has 0 bridgehead atoms. The highest BCUT2D eigenvalue weighted by atomic mass is 32.1. The first kappa shape index (κ1) is 14.9. The van der Waals surface area contributed by atoms with Crippen LogP contribution in [0.25, 0.3) is 5.65 Å². The number of thiol groups is 1. The van der Waals surface area contributed by atoms with Gasteiger partial charge >= 0.3 is 0 Å². The van der Waals surface area contributed by atoms with E-state index < -0.39 is 0 Å². The van der Waals surface area contributed by atoms with Gasteiger partial charge in [0, 0.05) is 19.3 Å². The van der Waals surface area contributed by atoms with E-state index in [4.69, 9.17) is 0 Å². The Labute approximate surface area is 124 Å². The van der Waals surface area contributed by atoms with Crippen molar-refractivity contribution in [3.05, 3.63) is 30.1 Å². The van der Waals surface area contributed by atoms with Gasteiger partial charge in [-0.2, -0.15) is 0 Å². The summed E-state index contributed by atoms with van der Waals surface area (Å²) in [4.78, 5) is 18.7. The molecule has 0 fully saturated rings. The molecular weight excluding hydrogens is 272 g/mol. The minimum atomic E-state index is -0.175. The van der Waals surface area contributed by atoms with Crippen molar-refractivity contribution in [2.24, 2.45) is 0 Å². The second-order valence-electron chi connectivity index (χ2n) is 4.50. The number of aromatic nitrogens is 2. The maximum absolute atomic E-state index is 12.1. The Morgan fingerprint density at radius 2 is 2.15 bits per heavy atom. The minimum absolute atomic E-state index is 0.175. The van der Waals surface area contributed by atoms with Crippen LogP contribution >= 0.6 is 12.6 Å². The molecule has 0 aliphatic heterocycles. The molecule has 20 heavy (non-hydrogen) atoms. The highest BCUT2D eigenvalue weighted by Crippen LogP contribution is 2.15. The Morgan fingerprint density at radius 1 is 1.40 bits per heavy atom. The van der Waals surface area contributed by atoms with E-state index in [0.29, 0.717) is 17.3 Å². The van der Waals surface area contributed by atoms with Crippen LogP contribution in [0, 0.1) is 0 Å². The van der Waals surface area contributed by atoms with Crippen LogP contribution in [-0.4, -0.2) is 46.4 Å². The zero-order valence-corrected chi connectivity index (χ0v) is 12.7. The average molecular weight is 292 g/mol. The normalized spacial score (nSPS) is 11.2. The number of carbonyl (C=O) groups is 1. The lowest BCUT2D eigenvalue weighted by Crippen LogP contribution is -2.35. The second kappa shape index (κ2) is 6.76. The molecule has 2 rings (SSSR count). The van der Waals surface area contributed by atoms with E-state index in [2.05, 4.69) is 41.7 Å². The highest BCUT2D eigenvalue weighted by Gasteiger charge is 2.15. The maximum Gasteiger partial charge on any atom is 0.272 e. The van der Waals surface area contributed by atoms with Crippen LogP contribution in [0.3, 0.4) is 0 Å². The molecule has 0 saturated carbocycles. The van der Waals surface area contributed by atoms with Gasteiger partial charge in [0.2, 0.25) is 0 Å². The van der Waals surface area contributed by atoms with E-state index in [1.165, 1.54) is 0 Å². The fourth-order valence-corrected chi connectivity index (χ4v) is 2.41. The first-order chi connectivity index (χ1) is 9.67. The monoisotopic (exact) mass is 292 g/mol. The van der Waals surface area contributed by atoms with Crippen LogP contribution in [0.5, 0.6) is 0 Å². The first-order valence-corrected chi connectivity index (χ1v) is 7.28. The van der Waals surface area contributed by atoms with Gasteiger partial charge in [0.1, 0.15) is 10.7 Å². The number of likely N-dealkylation sites (N-methyl/N-ethyl adjacent to an activating group) is 1. The molecule has 6 heteroatoms. The smallest absolute Gasteiger partial charge is 0.272 e. The van der Waals surface area contributed by atoms with E-state index >= 15 is 0 Å². The van der Waals surface area contributed by atoms with Gasteiger partial charge in [-0.1, -0.05) is 19.9 Å². The molecular formula is C14H20N4OS. The highest BCUT2D eigenvalue weighted by molar-refractivity contribution is 7.80. The van der Waals surface area contributed by atoms with E-state index in [9.17, 15) is 4.79 Å². The molecule has 0 radical (unpaired) electrons. The van der Waals surface area contributed by atoms with Crippen LogP contribution in [-0.2, 0) is 0 Å². The van der Waals surface area contributed by atoms with Crippen molar-refractivity contribution < 1.29 is 4.79 Å². The fraction of sp³-hybridized carbons (Fsp3) is 0.429. The van der Waals surface area contributed by atoms with E-state index in [1.807, 2.05) is 24.4 Å². The van der Waals surface area contributed by atoms with Crippen LogP contribution in [0.1, 0.15) is 24.3 Å². The molecule has 0 aliphatic carbocycles. The van der Waals surface area contributed by atoms with E-state index in [-0.39, 0.29) is 5.91 Å². The van der Waals surface area contributed by atoms with Gasteiger partial charge in [0.15, 0.2) is 5.69 Å². The van der Waals surface area contributed by atoms with Gasteiger partial charge in [0.05, 0.1) is 0 Å². The molecule has 0 unspecified atom stereocenters. The number of hydrogen-bond donors (Lipinski definition) is 2. The molecule has 0 saturated heterocycles. The summed E-state index contributed by atoms with van der Waals surface area (Å²) in [6.07, 6.45) is 1.84. The zero-order valence-electron chi connectivity index (χ0n) is 11.8. The van der Waals surface area contributed by atoms with Crippen molar-refractivity contribution in [1.29, 1.82) is 0 Å². The third kappa shape index (κ3) is 3.13. The summed E-state index contributed by atoms with van der Waals surface area (Å²) in [6.45, 7) is 7.64. The SMILES string of the molecule is CCN(CC)CCNC(=O)c1nc2ccccn2c1S. The van der Waals surface area contributed by atoms with Crippen molar-refractivity contribution in [3.8, 4) is 0 Å². The summed E-state index contributed by atoms with van der Waals surface area (Å²) in [6, 6.07) is 5.63. The van der Waals surface area contributed by atoms with Crippen LogP contribution < -0.4 is 5.32 Å². The summed E-state index contributed by atoms with van der Waals surface area (Å²) >= 11 is 4.38. The van der Waals surface area contributed by atoms with Crippen LogP contribution in [0.4, 0.5) is 0 Å². The van der Waals surface area contributed by atoms with Gasteiger partial charge < -0.3 is 10.2 Å². The second-order valence-corrected chi connectivity index (χ2v) is 4.92. The number of fused-ring (bicyclic) bond motifs is 1. The molecule has 0 spiro atoms. The Bertz CT molecular complexity index is 592. The topological polar surface area (TPSA) is 49.6 Å². The van der Waals surface area contributed by atoms with Crippen molar-refractivity contribution in [1.82, 2.24) is 19.6 Å². The number of imidazole rings is 1. The number of nitrogens with zero attached hydrogens (tertiary/aromatic N) is 3. The molecule has 108 valence electrons. The van der Waals surface area contributed by atoms with Gasteiger partial charge in [-0.3, -0.25) is 9.20 Å². The first-order valence-electron chi connectivity index (χ1n) is 6.84. The largest absolute Gasteiger partial charge is 0.349 e. The summed E-state index contributed by atoms with van der Waals surface area (Å²) in [7, 11) is 0. The molecule has 1 N–H and O–H groups in total. The number of nitrogens with one attached hydrogen (secondary N) is 1. The molecule has 0 aromatic carbocycles. The predicted octanol–water partition coefficient (Wildman–Crippen LogP) is 1.69. The van der Waals surface area contributed by atoms with Gasteiger partial charge in [-0.25, -0.2) is 4.98 Å². The van der Waals surface area contributed by atoms with Crippen molar-refractivity contribution in [2.75, 3.05) is 26.2 Å². The lowest BCUT2D eigenvalue weighted by Gasteiger charge is -2.17. The van der Waals surface area contributed by atoms with Gasteiger partial charge in [-0.15, -0.1) is 12.6 Å². The molecule has 2 heterocycles. The fourth-order valence-electron chi connectivity index (χ4n) is 2.09. The molecule has 2 aromatic rings. The van der Waals surface area contributed by atoms with Crippen LogP contribution in [0.15, 0.2) is 29.4 Å². The molecule has 0 aliphatic rings. The third-order valence-electron chi connectivity index (χ3n) is 3.33. The molecule has 2 aromatic heterocycles. The molecule has 0 atom stereocenters. The summed E-state index contributed by atoms with van der Waals surface area (Å²) in [5, 5.41) is 3.46. The van der Waals surface area contributed by atoms with Crippen LogP contribution in [0.2, 0.25) is 0 Å². The molecule has 1 amide bonds. The number of amides is 1. The third-order valence-corrected chi connectivity index (χ3v) is 3.76. The molecule has 5 nitrogen and oxygen atoms in total. The van der Waals surface area contributed by atoms with Crippen molar-refractivity contribution in [3.63, 3.8) is 0 Å². The van der Waals surface area contributed by atoms with Crippen molar-refractivity contribution >= 4 is 24.2 Å². The van der Waals surface area contributed by atoms with Gasteiger partial charge in [-0.05, 0) is 25.2 Å². The zero-order chi connectivity index (χ0) is 14.5. The van der Waals surface area contributed by atoms with Gasteiger partial charge in [0.25, 0.3) is 5.91 Å². The quantitative estimate of drug-likeness (QED) is 0.797. The lowest BCUT2D eigenvalue weighted by molar-refractivity contribution is 0.0941. The average Bonchev–Trinajstić information content (AvgIpc) is 2.81. The van der Waals surface area contributed by atoms with E-state index in [0.717, 1.165) is 25.3 Å². The number of hydrogen-bond acceptors (Lipinski definition) is 4. The summed E-state index contributed by atoms with van der Waals surface area (Å²) in [5.41, 5.74) is 1.10. The number of pyridine rings is 1. The summed E-state index contributed by atoms with van der Waals surface area (Å²) in [5.74, 6) is -0.175. The minimum Gasteiger partial charge on any atom is -0.349 e. The Balaban J connectivity index is 2.03. The van der Waals surface area contributed by atoms with Crippen molar-refractivity contribution in [2.45, 2.75) is 18.9 Å². The predicted molar refractivity (Wildman–Crippen MR) is 82.6 cm³/mol.